The molecule has 2 fully saturated rings. The molecule has 2 aromatic rings. The van der Waals surface area contributed by atoms with E-state index in [1.165, 1.54) is 23.1 Å². The Balaban J connectivity index is 1.40. The number of imide groups is 1. The maximum Gasteiger partial charge on any atom is 0.255 e. The van der Waals surface area contributed by atoms with Crippen LogP contribution in [-0.4, -0.2) is 59.9 Å². The van der Waals surface area contributed by atoms with E-state index in [1.807, 2.05) is 4.90 Å². The lowest BCUT2D eigenvalue weighted by atomic mass is 10.0. The molecular weight excluding hydrogens is 422 g/mol. The Morgan fingerprint density at radius 2 is 1.94 bits per heavy atom. The van der Waals surface area contributed by atoms with E-state index in [2.05, 4.69) is 5.32 Å². The zero-order valence-electron chi connectivity index (χ0n) is 23.0. The molecule has 8 heteroatoms. The number of nitrogens with zero attached hydrogens (tertiary/aromatic N) is 2. The zero-order chi connectivity index (χ0) is 27.2. The van der Waals surface area contributed by atoms with Crippen LogP contribution in [0, 0.1) is 0 Å². The van der Waals surface area contributed by atoms with Crippen molar-refractivity contribution < 1.29 is 30.7 Å². The van der Waals surface area contributed by atoms with Crippen LogP contribution < -0.4 is 10.1 Å². The van der Waals surface area contributed by atoms with Crippen LogP contribution in [0.25, 0.3) is 0 Å². The van der Waals surface area contributed by atoms with Crippen molar-refractivity contribution in [2.24, 2.45) is 0 Å². The van der Waals surface area contributed by atoms with Crippen molar-refractivity contribution in [3.63, 3.8) is 0 Å². The number of amides is 3. The number of hydrogen-bond acceptors (Lipinski definition) is 6. The first kappa shape index (κ1) is 16.4. The first-order chi connectivity index (χ1) is 18.1. The lowest BCUT2D eigenvalue weighted by molar-refractivity contribution is -0.136. The monoisotopic (exact) mass is 454 g/mol. The minimum absolute atomic E-state index is 0.00763. The minimum atomic E-state index is -2.58. The van der Waals surface area contributed by atoms with Crippen LogP contribution in [0.15, 0.2) is 42.4 Å². The van der Waals surface area contributed by atoms with Crippen molar-refractivity contribution in [2.45, 2.75) is 38.5 Å². The predicted molar refractivity (Wildman–Crippen MR) is 119 cm³/mol. The van der Waals surface area contributed by atoms with Gasteiger partial charge in [-0.05, 0) is 29.7 Å². The molecule has 3 aliphatic rings. The number of fused-ring (bicyclic) bond motifs is 1. The molecule has 8 nitrogen and oxygen atoms in total. The summed E-state index contributed by atoms with van der Waals surface area (Å²) >= 11 is 0. The highest BCUT2D eigenvalue weighted by Crippen LogP contribution is 2.34. The lowest BCUT2D eigenvalue weighted by Crippen LogP contribution is -2.52. The molecular formula is C25H27N3O5. The summed E-state index contributed by atoms with van der Waals surface area (Å²) in [5.41, 5.74) is 0.723. The second kappa shape index (κ2) is 9.33. The number of nitrogens with one attached hydrogen (secondary N) is 1. The molecule has 0 aliphatic carbocycles. The van der Waals surface area contributed by atoms with E-state index < -0.39 is 30.3 Å². The number of ether oxygens (including phenoxy) is 2. The van der Waals surface area contributed by atoms with E-state index in [9.17, 15) is 14.4 Å². The van der Waals surface area contributed by atoms with Gasteiger partial charge in [0.2, 0.25) is 11.8 Å². The lowest BCUT2D eigenvalue weighted by Gasteiger charge is -2.29. The van der Waals surface area contributed by atoms with E-state index in [4.69, 9.17) is 16.3 Å². The molecule has 3 amide bonds. The largest absolute Gasteiger partial charge is 0.489 e. The average molecular weight is 455 g/mol. The van der Waals surface area contributed by atoms with Gasteiger partial charge in [0.1, 0.15) is 18.4 Å². The highest BCUT2D eigenvalue weighted by molar-refractivity contribution is 6.05. The highest BCUT2D eigenvalue weighted by atomic mass is 16.5. The summed E-state index contributed by atoms with van der Waals surface area (Å²) in [6.45, 7) is 0.0902. The van der Waals surface area contributed by atoms with E-state index in [0.717, 1.165) is 0 Å². The van der Waals surface area contributed by atoms with Crippen molar-refractivity contribution in [2.75, 3.05) is 26.3 Å². The molecule has 0 spiro atoms. The molecule has 0 radical (unpaired) electrons. The van der Waals surface area contributed by atoms with E-state index >= 15 is 0 Å². The maximum absolute atomic E-state index is 13.1. The van der Waals surface area contributed by atoms with Gasteiger partial charge in [0.15, 0.2) is 0 Å². The summed E-state index contributed by atoms with van der Waals surface area (Å²) in [4.78, 5) is 40.3. The third-order valence-electron chi connectivity index (χ3n) is 6.03. The average Bonchev–Trinajstić information content (AvgIpc) is 3.21. The number of carbonyl (C=O) groups excluding carboxylic acids is 3. The van der Waals surface area contributed by atoms with Gasteiger partial charge in [0.25, 0.3) is 5.91 Å². The normalized spacial score (nSPS) is 23.8. The van der Waals surface area contributed by atoms with Crippen molar-refractivity contribution in [3.8, 4) is 5.75 Å². The highest BCUT2D eigenvalue weighted by Gasteiger charge is 2.40. The SMILES string of the molecule is [2H]c1cc(C([2H])([2H])Oc2cccc3c2CN(C2CCC(=O)NC2=O)C3=O)c([2H])c([2H])c1CN1CCOCC1. The maximum atomic E-state index is 13.1. The molecule has 172 valence electrons. The van der Waals surface area contributed by atoms with Crippen molar-refractivity contribution >= 4 is 17.7 Å². The molecule has 5 rings (SSSR count). The Kier molecular flexibility index (Phi) is 4.63. The van der Waals surface area contributed by atoms with E-state index in [1.54, 1.807) is 6.07 Å². The summed E-state index contributed by atoms with van der Waals surface area (Å²) in [6.07, 6.45) is 0.306. The van der Waals surface area contributed by atoms with Gasteiger partial charge >= 0.3 is 0 Å². The number of piperidine rings is 1. The van der Waals surface area contributed by atoms with E-state index in [-0.39, 0.29) is 54.4 Å². The fraction of sp³-hybridized carbons (Fsp3) is 0.400. The Labute approximate surface area is 199 Å². The van der Waals surface area contributed by atoms with Crippen LogP contribution in [-0.2, 0) is 34.0 Å². The van der Waals surface area contributed by atoms with Crippen LogP contribution in [0.1, 0.15) is 46.7 Å². The number of morpholine rings is 1. The fourth-order valence-electron chi connectivity index (χ4n) is 4.26. The molecule has 2 saturated heterocycles. The summed E-state index contributed by atoms with van der Waals surface area (Å²) in [6, 6.07) is 4.33. The number of rotatable bonds is 6. The van der Waals surface area contributed by atoms with Gasteiger partial charge in [0, 0.05) is 37.2 Å². The van der Waals surface area contributed by atoms with Gasteiger partial charge in [0.05, 0.1) is 26.6 Å². The predicted octanol–water partition coefficient (Wildman–Crippen LogP) is 1.86. The molecule has 3 aliphatic heterocycles. The van der Waals surface area contributed by atoms with Crippen molar-refractivity contribution in [3.05, 3.63) is 64.6 Å². The molecule has 1 unspecified atom stereocenters. The Morgan fingerprint density at radius 3 is 2.76 bits per heavy atom. The molecule has 33 heavy (non-hydrogen) atoms. The first-order valence-corrected chi connectivity index (χ1v) is 10.9. The molecule has 0 bridgehead atoms. The molecule has 1 N–H and O–H groups in total. The summed E-state index contributed by atoms with van der Waals surface area (Å²) in [5, 5.41) is 2.25. The molecule has 3 heterocycles. The van der Waals surface area contributed by atoms with Gasteiger partial charge in [-0.15, -0.1) is 0 Å². The third kappa shape index (κ3) is 4.62. The van der Waals surface area contributed by atoms with Crippen LogP contribution in [0.2, 0.25) is 0 Å². The van der Waals surface area contributed by atoms with Crippen molar-refractivity contribution in [1.82, 2.24) is 15.1 Å². The van der Waals surface area contributed by atoms with Gasteiger partial charge in [-0.25, -0.2) is 0 Å². The van der Waals surface area contributed by atoms with Crippen LogP contribution >= 0.6 is 0 Å². The number of benzene rings is 2. The Bertz CT molecular complexity index is 1310. The molecule has 0 aromatic heterocycles. The van der Waals surface area contributed by atoms with Gasteiger partial charge in [-0.3, -0.25) is 24.6 Å². The topological polar surface area (TPSA) is 88.2 Å². The summed E-state index contributed by atoms with van der Waals surface area (Å²) in [7, 11) is 0. The summed E-state index contributed by atoms with van der Waals surface area (Å²) in [5.74, 6) is -1.30. The third-order valence-corrected chi connectivity index (χ3v) is 6.03. The van der Waals surface area contributed by atoms with Gasteiger partial charge < -0.3 is 14.4 Å². The molecule has 2 aromatic carbocycles. The van der Waals surface area contributed by atoms with Crippen LogP contribution in [0.3, 0.4) is 0 Å². The first-order valence-electron chi connectivity index (χ1n) is 13.4. The van der Waals surface area contributed by atoms with Crippen LogP contribution in [0.5, 0.6) is 5.75 Å². The van der Waals surface area contributed by atoms with E-state index in [0.29, 0.717) is 44.0 Å². The van der Waals surface area contributed by atoms with Gasteiger partial charge in [-0.2, -0.15) is 0 Å². The van der Waals surface area contributed by atoms with Crippen molar-refractivity contribution in [1.29, 1.82) is 0 Å². The molecule has 1 atom stereocenters. The minimum Gasteiger partial charge on any atom is -0.489 e. The Morgan fingerprint density at radius 1 is 1.12 bits per heavy atom. The second-order valence-corrected chi connectivity index (χ2v) is 8.21. The number of carbonyl (C=O) groups is 3. The standard InChI is InChI=1S/C25H27N3O5/c29-23-9-8-21(24(30)26-23)28-15-20-19(25(28)31)2-1-3-22(20)33-16-18-6-4-17(5-7-18)14-27-10-12-32-13-11-27/h1-7,21H,8-16H2,(H,26,29,30)/i4D,5D,6D,16D2. The zero-order valence-corrected chi connectivity index (χ0v) is 18.0. The summed E-state index contributed by atoms with van der Waals surface area (Å²) < 4.78 is 53.7. The second-order valence-electron chi connectivity index (χ2n) is 8.21. The Hall–Kier alpha value is -3.23. The van der Waals surface area contributed by atoms with Gasteiger partial charge in [-0.1, -0.05) is 30.3 Å². The molecule has 0 saturated carbocycles. The van der Waals surface area contributed by atoms with Crippen LogP contribution in [0.4, 0.5) is 0 Å². The number of hydrogen-bond donors (Lipinski definition) is 1. The smallest absolute Gasteiger partial charge is 0.255 e. The quantitative estimate of drug-likeness (QED) is 0.671. The fourth-order valence-corrected chi connectivity index (χ4v) is 4.26.